The van der Waals surface area contributed by atoms with Crippen molar-refractivity contribution in [2.75, 3.05) is 0 Å². The Morgan fingerprint density at radius 1 is 1.14 bits per heavy atom. The molecule has 0 aliphatic rings. The molecule has 0 fully saturated rings. The van der Waals surface area contributed by atoms with Gasteiger partial charge in [0.15, 0.2) is 11.6 Å². The first kappa shape index (κ1) is 8.87. The van der Waals surface area contributed by atoms with Gasteiger partial charge in [-0.25, -0.2) is 8.78 Å². The maximum absolute atomic E-state index is 12.9. The van der Waals surface area contributed by atoms with Gasteiger partial charge >= 0.3 is 0 Å². The molecule has 14 heavy (non-hydrogen) atoms. The fourth-order valence-corrected chi connectivity index (χ4v) is 1.22. The largest absolute Gasteiger partial charge is 0.275 e. The summed E-state index contributed by atoms with van der Waals surface area (Å²) in [6.45, 7) is 0. The molecule has 2 aromatic rings. The second-order valence-electron chi connectivity index (χ2n) is 3.00. The molecule has 0 amide bonds. The lowest BCUT2D eigenvalue weighted by atomic mass is 10.1. The first-order valence-corrected chi connectivity index (χ1v) is 4.12. The van der Waals surface area contributed by atoms with Gasteiger partial charge in [0.2, 0.25) is 0 Å². The molecule has 1 aromatic carbocycles. The number of halogens is 2. The molecule has 2 nitrogen and oxygen atoms in total. The van der Waals surface area contributed by atoms with Gasteiger partial charge in [-0.1, -0.05) is 0 Å². The minimum Gasteiger partial charge on any atom is -0.275 e. The molecule has 0 aliphatic carbocycles. The first-order valence-electron chi connectivity index (χ1n) is 4.12. The van der Waals surface area contributed by atoms with E-state index in [1.807, 2.05) is 0 Å². The number of rotatable bonds is 1. The summed E-state index contributed by atoms with van der Waals surface area (Å²) in [5.41, 5.74) is 1.20. The summed E-state index contributed by atoms with van der Waals surface area (Å²) in [4.78, 5) is 0. The van der Waals surface area contributed by atoms with Crippen LogP contribution in [0.25, 0.3) is 11.3 Å². The first-order chi connectivity index (χ1) is 6.66. The van der Waals surface area contributed by atoms with E-state index in [-0.39, 0.29) is 0 Å². The van der Waals surface area contributed by atoms with E-state index < -0.39 is 11.6 Å². The molecule has 2 rings (SSSR count). The van der Waals surface area contributed by atoms with Gasteiger partial charge in [-0.2, -0.15) is 5.10 Å². The fourth-order valence-electron chi connectivity index (χ4n) is 1.22. The van der Waals surface area contributed by atoms with Crippen LogP contribution in [0.5, 0.6) is 0 Å². The maximum atomic E-state index is 12.9. The summed E-state index contributed by atoms with van der Waals surface area (Å²) in [5.74, 6) is -1.70. The molecule has 0 radical (unpaired) electrons. The molecule has 0 saturated carbocycles. The van der Waals surface area contributed by atoms with Crippen LogP contribution in [0.15, 0.2) is 30.5 Å². The molecule has 0 atom stereocenters. The molecule has 4 heteroatoms. The van der Waals surface area contributed by atoms with Crippen molar-refractivity contribution < 1.29 is 8.78 Å². The molecule has 0 aliphatic heterocycles. The van der Waals surface area contributed by atoms with Crippen molar-refractivity contribution in [3.05, 3.63) is 42.1 Å². The quantitative estimate of drug-likeness (QED) is 0.681. The molecule has 1 heterocycles. The zero-order valence-corrected chi connectivity index (χ0v) is 7.54. The van der Waals surface area contributed by atoms with Crippen molar-refractivity contribution in [1.29, 1.82) is 0 Å². The Balaban J connectivity index is 2.47. The predicted octanol–water partition coefficient (Wildman–Crippen LogP) is 2.37. The summed E-state index contributed by atoms with van der Waals surface area (Å²) < 4.78 is 27.1. The highest BCUT2D eigenvalue weighted by atomic mass is 19.2. The number of benzene rings is 1. The molecule has 1 aromatic heterocycles. The molecular weight excluding hydrogens is 186 g/mol. The molecule has 0 unspecified atom stereocenters. The summed E-state index contributed by atoms with van der Waals surface area (Å²) in [6.07, 6.45) is 1.75. The second-order valence-corrected chi connectivity index (χ2v) is 3.00. The van der Waals surface area contributed by atoms with Crippen LogP contribution in [0.3, 0.4) is 0 Å². The highest BCUT2D eigenvalue weighted by Gasteiger charge is 2.05. The van der Waals surface area contributed by atoms with E-state index in [9.17, 15) is 8.78 Å². The Morgan fingerprint density at radius 2 is 1.93 bits per heavy atom. The summed E-state index contributed by atoms with van der Waals surface area (Å²) >= 11 is 0. The third-order valence-electron chi connectivity index (χ3n) is 1.93. The SMILES string of the molecule is Cn1ccc(-c2ccc(F)c(F)c2)n1. The zero-order chi connectivity index (χ0) is 10.1. The van der Waals surface area contributed by atoms with E-state index in [2.05, 4.69) is 5.10 Å². The molecule has 0 bridgehead atoms. The highest BCUT2D eigenvalue weighted by Crippen LogP contribution is 2.19. The predicted molar refractivity (Wildman–Crippen MR) is 48.6 cm³/mol. The van der Waals surface area contributed by atoms with Crippen molar-refractivity contribution >= 4 is 0 Å². The highest BCUT2D eigenvalue weighted by molar-refractivity contribution is 5.58. The van der Waals surface area contributed by atoms with Gasteiger partial charge in [0, 0.05) is 18.8 Å². The summed E-state index contributed by atoms with van der Waals surface area (Å²) in [7, 11) is 1.77. The topological polar surface area (TPSA) is 17.8 Å². The van der Waals surface area contributed by atoms with Gasteiger partial charge in [0.1, 0.15) is 0 Å². The van der Waals surface area contributed by atoms with Crippen LogP contribution in [0.4, 0.5) is 8.78 Å². The molecule has 72 valence electrons. The number of aryl methyl sites for hydroxylation is 1. The van der Waals surface area contributed by atoms with E-state index in [1.54, 1.807) is 24.0 Å². The Morgan fingerprint density at radius 3 is 2.50 bits per heavy atom. The van der Waals surface area contributed by atoms with Crippen LogP contribution in [0, 0.1) is 11.6 Å². The van der Waals surface area contributed by atoms with Gasteiger partial charge in [-0.15, -0.1) is 0 Å². The summed E-state index contributed by atoms with van der Waals surface area (Å²) in [6, 6.07) is 5.48. The third kappa shape index (κ3) is 1.51. The van der Waals surface area contributed by atoms with Crippen LogP contribution in [0.2, 0.25) is 0 Å². The average Bonchev–Trinajstić information content (AvgIpc) is 2.57. The van der Waals surface area contributed by atoms with E-state index >= 15 is 0 Å². The fraction of sp³-hybridized carbons (Fsp3) is 0.100. The minimum atomic E-state index is -0.854. The van der Waals surface area contributed by atoms with Gasteiger partial charge in [0.05, 0.1) is 5.69 Å². The Bertz CT molecular complexity index is 463. The lowest BCUT2D eigenvalue weighted by Crippen LogP contribution is -1.89. The van der Waals surface area contributed by atoms with E-state index in [4.69, 9.17) is 0 Å². The van der Waals surface area contributed by atoms with E-state index in [0.717, 1.165) is 12.1 Å². The normalized spacial score (nSPS) is 10.5. The lowest BCUT2D eigenvalue weighted by Gasteiger charge is -1.97. The smallest absolute Gasteiger partial charge is 0.159 e. The third-order valence-corrected chi connectivity index (χ3v) is 1.93. The van der Waals surface area contributed by atoms with Crippen LogP contribution in [0.1, 0.15) is 0 Å². The van der Waals surface area contributed by atoms with Crippen LogP contribution >= 0.6 is 0 Å². The summed E-state index contributed by atoms with van der Waals surface area (Å²) in [5, 5.41) is 4.08. The Labute approximate surface area is 79.8 Å². The molecule has 0 N–H and O–H groups in total. The standard InChI is InChI=1S/C10H8F2N2/c1-14-5-4-10(13-14)7-2-3-8(11)9(12)6-7/h2-6H,1H3. The lowest BCUT2D eigenvalue weighted by molar-refractivity contribution is 0.509. The van der Waals surface area contributed by atoms with Crippen LogP contribution in [-0.2, 0) is 7.05 Å². The van der Waals surface area contributed by atoms with E-state index in [0.29, 0.717) is 11.3 Å². The van der Waals surface area contributed by atoms with Crippen LogP contribution in [-0.4, -0.2) is 9.78 Å². The Hall–Kier alpha value is -1.71. The van der Waals surface area contributed by atoms with Gasteiger partial charge in [-0.3, -0.25) is 4.68 Å². The van der Waals surface area contributed by atoms with Crippen molar-refractivity contribution in [2.24, 2.45) is 7.05 Å². The van der Waals surface area contributed by atoms with Crippen molar-refractivity contribution in [3.63, 3.8) is 0 Å². The minimum absolute atomic E-state index is 0.574. The maximum Gasteiger partial charge on any atom is 0.159 e. The number of nitrogens with zero attached hydrogens (tertiary/aromatic N) is 2. The van der Waals surface area contributed by atoms with Gasteiger partial charge in [-0.05, 0) is 24.3 Å². The zero-order valence-electron chi connectivity index (χ0n) is 7.54. The van der Waals surface area contributed by atoms with Gasteiger partial charge < -0.3 is 0 Å². The van der Waals surface area contributed by atoms with E-state index in [1.165, 1.54) is 6.07 Å². The molecule has 0 saturated heterocycles. The van der Waals surface area contributed by atoms with Crippen molar-refractivity contribution in [3.8, 4) is 11.3 Å². The van der Waals surface area contributed by atoms with Crippen LogP contribution < -0.4 is 0 Å². The number of hydrogen-bond acceptors (Lipinski definition) is 1. The Kier molecular flexibility index (Phi) is 2.04. The number of aromatic nitrogens is 2. The molecule has 0 spiro atoms. The van der Waals surface area contributed by atoms with Crippen molar-refractivity contribution in [2.45, 2.75) is 0 Å². The molecular formula is C10H8F2N2. The monoisotopic (exact) mass is 194 g/mol. The number of hydrogen-bond donors (Lipinski definition) is 0. The average molecular weight is 194 g/mol. The second kappa shape index (κ2) is 3.21. The van der Waals surface area contributed by atoms with Gasteiger partial charge in [0.25, 0.3) is 0 Å². The van der Waals surface area contributed by atoms with Crippen molar-refractivity contribution in [1.82, 2.24) is 9.78 Å².